The van der Waals surface area contributed by atoms with Crippen molar-refractivity contribution in [3.8, 4) is 34.5 Å². The standard InChI is InChI=1S/C18H22O6S/c1-19-11-7-9-13(17(23-5)15(11)21-3)25-14-10-8-12(20-2)16(22-4)18(14)24-6/h7-10H,1-6H3. The van der Waals surface area contributed by atoms with Gasteiger partial charge in [0.25, 0.3) is 0 Å². The molecule has 25 heavy (non-hydrogen) atoms. The Morgan fingerprint density at radius 3 is 1.12 bits per heavy atom. The van der Waals surface area contributed by atoms with Gasteiger partial charge in [0.1, 0.15) is 0 Å². The first kappa shape index (κ1) is 18.9. The molecule has 0 aromatic heterocycles. The molecule has 0 radical (unpaired) electrons. The topological polar surface area (TPSA) is 55.4 Å². The van der Waals surface area contributed by atoms with Crippen molar-refractivity contribution in [2.75, 3.05) is 42.7 Å². The van der Waals surface area contributed by atoms with Crippen LogP contribution < -0.4 is 28.4 Å². The quantitative estimate of drug-likeness (QED) is 0.702. The summed E-state index contributed by atoms with van der Waals surface area (Å²) >= 11 is 1.47. The zero-order valence-electron chi connectivity index (χ0n) is 15.2. The van der Waals surface area contributed by atoms with Gasteiger partial charge in [-0.2, -0.15) is 0 Å². The Kier molecular flexibility index (Phi) is 6.52. The van der Waals surface area contributed by atoms with Gasteiger partial charge in [0, 0.05) is 0 Å². The second kappa shape index (κ2) is 8.62. The normalized spacial score (nSPS) is 10.2. The Morgan fingerprint density at radius 2 is 0.840 bits per heavy atom. The van der Waals surface area contributed by atoms with Crippen molar-refractivity contribution in [2.24, 2.45) is 0 Å². The average Bonchev–Trinajstić information content (AvgIpc) is 2.66. The molecule has 0 aliphatic rings. The molecule has 0 amide bonds. The van der Waals surface area contributed by atoms with Gasteiger partial charge in [-0.1, -0.05) is 11.8 Å². The lowest BCUT2D eigenvalue weighted by atomic mass is 10.3. The second-order valence-electron chi connectivity index (χ2n) is 4.77. The molecule has 0 unspecified atom stereocenters. The van der Waals surface area contributed by atoms with Crippen LogP contribution in [0.15, 0.2) is 34.1 Å². The third-order valence-electron chi connectivity index (χ3n) is 3.56. The molecule has 0 saturated heterocycles. The van der Waals surface area contributed by atoms with E-state index in [0.717, 1.165) is 9.79 Å². The first-order chi connectivity index (χ1) is 12.1. The summed E-state index contributed by atoms with van der Waals surface area (Å²) in [6, 6.07) is 7.47. The molecule has 6 nitrogen and oxygen atoms in total. The van der Waals surface area contributed by atoms with Crippen molar-refractivity contribution in [1.82, 2.24) is 0 Å². The van der Waals surface area contributed by atoms with Crippen LogP contribution in [0.5, 0.6) is 34.5 Å². The highest BCUT2D eigenvalue weighted by molar-refractivity contribution is 7.99. The van der Waals surface area contributed by atoms with E-state index in [0.29, 0.717) is 34.5 Å². The number of hydrogen-bond acceptors (Lipinski definition) is 7. The summed E-state index contributed by atoms with van der Waals surface area (Å²) < 4.78 is 32.6. The summed E-state index contributed by atoms with van der Waals surface area (Å²) in [5, 5.41) is 0. The Balaban J connectivity index is 2.53. The highest BCUT2D eigenvalue weighted by Crippen LogP contribution is 2.50. The van der Waals surface area contributed by atoms with Crippen LogP contribution in [0.1, 0.15) is 0 Å². The van der Waals surface area contributed by atoms with Gasteiger partial charge in [-0.25, -0.2) is 0 Å². The molecule has 0 fully saturated rings. The molecule has 0 N–H and O–H groups in total. The summed E-state index contributed by atoms with van der Waals surface area (Å²) in [7, 11) is 9.50. The minimum Gasteiger partial charge on any atom is -0.493 e. The SMILES string of the molecule is COc1ccc(Sc2ccc(OC)c(OC)c2OC)c(OC)c1OC. The molecular weight excluding hydrogens is 344 g/mol. The van der Waals surface area contributed by atoms with Crippen LogP contribution in [0, 0.1) is 0 Å². The van der Waals surface area contributed by atoms with Crippen LogP contribution >= 0.6 is 11.8 Å². The van der Waals surface area contributed by atoms with E-state index in [-0.39, 0.29) is 0 Å². The lowest BCUT2D eigenvalue weighted by Gasteiger charge is -2.18. The lowest BCUT2D eigenvalue weighted by molar-refractivity contribution is 0.318. The Hall–Kier alpha value is -2.41. The predicted octanol–water partition coefficient (Wildman–Crippen LogP) is 3.89. The zero-order valence-corrected chi connectivity index (χ0v) is 16.0. The van der Waals surface area contributed by atoms with Gasteiger partial charge in [-0.15, -0.1) is 0 Å². The van der Waals surface area contributed by atoms with E-state index in [4.69, 9.17) is 28.4 Å². The number of ether oxygens (including phenoxy) is 6. The Bertz CT molecular complexity index is 670. The number of hydrogen-bond donors (Lipinski definition) is 0. The molecule has 0 heterocycles. The molecule has 0 atom stereocenters. The third-order valence-corrected chi connectivity index (χ3v) is 4.64. The maximum Gasteiger partial charge on any atom is 0.204 e. The summed E-state index contributed by atoms with van der Waals surface area (Å²) in [6.45, 7) is 0. The molecule has 2 aromatic carbocycles. The monoisotopic (exact) mass is 366 g/mol. The largest absolute Gasteiger partial charge is 0.493 e. The van der Waals surface area contributed by atoms with Gasteiger partial charge in [-0.3, -0.25) is 0 Å². The van der Waals surface area contributed by atoms with Crippen LogP contribution in [0.3, 0.4) is 0 Å². The van der Waals surface area contributed by atoms with Crippen LogP contribution in [0.4, 0.5) is 0 Å². The van der Waals surface area contributed by atoms with Crippen molar-refractivity contribution in [3.63, 3.8) is 0 Å². The van der Waals surface area contributed by atoms with Crippen molar-refractivity contribution in [2.45, 2.75) is 9.79 Å². The number of rotatable bonds is 8. The zero-order chi connectivity index (χ0) is 18.4. The molecule has 0 spiro atoms. The van der Waals surface area contributed by atoms with Crippen LogP contribution in [0.2, 0.25) is 0 Å². The minimum absolute atomic E-state index is 0.537. The van der Waals surface area contributed by atoms with Crippen molar-refractivity contribution >= 4 is 11.8 Å². The highest BCUT2D eigenvalue weighted by atomic mass is 32.2. The van der Waals surface area contributed by atoms with E-state index in [1.54, 1.807) is 42.7 Å². The van der Waals surface area contributed by atoms with Crippen LogP contribution in [-0.2, 0) is 0 Å². The van der Waals surface area contributed by atoms with Gasteiger partial charge in [0.05, 0.1) is 52.4 Å². The van der Waals surface area contributed by atoms with E-state index in [1.807, 2.05) is 24.3 Å². The fraction of sp³-hybridized carbons (Fsp3) is 0.333. The molecule has 136 valence electrons. The second-order valence-corrected chi connectivity index (χ2v) is 5.85. The van der Waals surface area contributed by atoms with Gasteiger partial charge in [0.15, 0.2) is 23.0 Å². The lowest BCUT2D eigenvalue weighted by Crippen LogP contribution is -1.98. The molecule has 7 heteroatoms. The molecule has 0 bridgehead atoms. The first-order valence-electron chi connectivity index (χ1n) is 7.40. The Labute approximate surface area is 151 Å². The Morgan fingerprint density at radius 1 is 0.480 bits per heavy atom. The molecule has 2 rings (SSSR count). The van der Waals surface area contributed by atoms with Crippen molar-refractivity contribution in [3.05, 3.63) is 24.3 Å². The molecule has 0 aliphatic heterocycles. The molecule has 2 aromatic rings. The summed E-state index contributed by atoms with van der Waals surface area (Å²) in [5.41, 5.74) is 0. The van der Waals surface area contributed by atoms with Crippen molar-refractivity contribution < 1.29 is 28.4 Å². The van der Waals surface area contributed by atoms with E-state index < -0.39 is 0 Å². The maximum atomic E-state index is 5.53. The predicted molar refractivity (Wildman–Crippen MR) is 96.3 cm³/mol. The fourth-order valence-corrected chi connectivity index (χ4v) is 3.47. The van der Waals surface area contributed by atoms with Crippen molar-refractivity contribution in [1.29, 1.82) is 0 Å². The van der Waals surface area contributed by atoms with Crippen LogP contribution in [0.25, 0.3) is 0 Å². The summed E-state index contributed by atoms with van der Waals surface area (Å²) in [5.74, 6) is 3.45. The molecule has 0 saturated carbocycles. The third kappa shape index (κ3) is 3.66. The number of benzene rings is 2. The van der Waals surface area contributed by atoms with Gasteiger partial charge in [0.2, 0.25) is 11.5 Å². The average molecular weight is 366 g/mol. The van der Waals surface area contributed by atoms with E-state index >= 15 is 0 Å². The van der Waals surface area contributed by atoms with E-state index in [2.05, 4.69) is 0 Å². The van der Waals surface area contributed by atoms with Crippen LogP contribution in [-0.4, -0.2) is 42.7 Å². The number of methoxy groups -OCH3 is 6. The van der Waals surface area contributed by atoms with Gasteiger partial charge >= 0.3 is 0 Å². The molecule has 0 aliphatic carbocycles. The minimum atomic E-state index is 0.537. The summed E-state index contributed by atoms with van der Waals surface area (Å²) in [6.07, 6.45) is 0. The first-order valence-corrected chi connectivity index (χ1v) is 8.22. The maximum absolute atomic E-state index is 5.53. The molecular formula is C18H22O6S. The summed E-state index contributed by atoms with van der Waals surface area (Å²) in [4.78, 5) is 1.70. The van der Waals surface area contributed by atoms with E-state index in [1.165, 1.54) is 11.8 Å². The van der Waals surface area contributed by atoms with Gasteiger partial charge < -0.3 is 28.4 Å². The van der Waals surface area contributed by atoms with Gasteiger partial charge in [-0.05, 0) is 24.3 Å². The van der Waals surface area contributed by atoms with E-state index in [9.17, 15) is 0 Å². The fourth-order valence-electron chi connectivity index (χ4n) is 2.43. The highest BCUT2D eigenvalue weighted by Gasteiger charge is 2.21. The smallest absolute Gasteiger partial charge is 0.204 e.